The molecule has 2 heterocycles. The minimum Gasteiger partial charge on any atom is -0.384 e. The number of alkyl halides is 3. The standard InChI is InChI=1S/C11H10F3N5O/c12-11(13,14)8-2-1-6(3-16-8)10(20)17-4-7-5-18-19-9(7)15/h1-3,5H,4H2,(H,17,20)(H3,15,18,19). The molecule has 0 spiro atoms. The normalized spacial score (nSPS) is 11.3. The third-order valence-corrected chi connectivity index (χ3v) is 2.51. The Morgan fingerprint density at radius 1 is 1.35 bits per heavy atom. The maximum atomic E-state index is 12.3. The summed E-state index contributed by atoms with van der Waals surface area (Å²) in [4.78, 5) is 14.9. The van der Waals surface area contributed by atoms with Crippen LogP contribution in [0.3, 0.4) is 0 Å². The molecule has 6 nitrogen and oxygen atoms in total. The van der Waals surface area contributed by atoms with E-state index in [9.17, 15) is 18.0 Å². The summed E-state index contributed by atoms with van der Waals surface area (Å²) in [5.41, 5.74) is 5.09. The van der Waals surface area contributed by atoms with E-state index in [0.29, 0.717) is 11.4 Å². The molecular weight excluding hydrogens is 275 g/mol. The van der Waals surface area contributed by atoms with Gasteiger partial charge < -0.3 is 11.1 Å². The first-order valence-corrected chi connectivity index (χ1v) is 5.47. The number of carbonyl (C=O) groups excluding carboxylic acids is 1. The molecule has 1 amide bonds. The van der Waals surface area contributed by atoms with E-state index < -0.39 is 17.8 Å². The maximum absolute atomic E-state index is 12.3. The molecule has 20 heavy (non-hydrogen) atoms. The second-order valence-electron chi connectivity index (χ2n) is 3.92. The molecule has 0 fully saturated rings. The maximum Gasteiger partial charge on any atom is 0.433 e. The number of nitrogens with zero attached hydrogens (tertiary/aromatic N) is 2. The van der Waals surface area contributed by atoms with Crippen LogP contribution in [-0.2, 0) is 12.7 Å². The number of pyridine rings is 1. The van der Waals surface area contributed by atoms with Gasteiger partial charge in [0.05, 0.1) is 11.8 Å². The van der Waals surface area contributed by atoms with Gasteiger partial charge in [-0.15, -0.1) is 0 Å². The molecule has 0 saturated heterocycles. The molecule has 0 aromatic carbocycles. The number of H-pyrrole nitrogens is 1. The van der Waals surface area contributed by atoms with Gasteiger partial charge in [0, 0.05) is 18.3 Å². The Kier molecular flexibility index (Phi) is 3.59. The van der Waals surface area contributed by atoms with Crippen LogP contribution in [0.1, 0.15) is 21.6 Å². The largest absolute Gasteiger partial charge is 0.433 e. The Morgan fingerprint density at radius 3 is 2.60 bits per heavy atom. The van der Waals surface area contributed by atoms with Crippen LogP contribution in [0.15, 0.2) is 24.5 Å². The van der Waals surface area contributed by atoms with Gasteiger partial charge in [0.1, 0.15) is 11.5 Å². The van der Waals surface area contributed by atoms with Gasteiger partial charge in [0.25, 0.3) is 5.91 Å². The molecule has 9 heteroatoms. The van der Waals surface area contributed by atoms with Crippen LogP contribution >= 0.6 is 0 Å². The molecule has 2 aromatic rings. The Labute approximate surface area is 111 Å². The lowest BCUT2D eigenvalue weighted by molar-refractivity contribution is -0.141. The van der Waals surface area contributed by atoms with Crippen LogP contribution in [-0.4, -0.2) is 21.1 Å². The zero-order valence-electron chi connectivity index (χ0n) is 10.0. The molecule has 0 aliphatic carbocycles. The first kappa shape index (κ1) is 13.8. The van der Waals surface area contributed by atoms with Crippen LogP contribution in [0.4, 0.5) is 19.0 Å². The Hall–Kier alpha value is -2.58. The van der Waals surface area contributed by atoms with E-state index in [1.807, 2.05) is 0 Å². The van der Waals surface area contributed by atoms with Crippen molar-refractivity contribution < 1.29 is 18.0 Å². The molecular formula is C11H10F3N5O. The molecule has 0 bridgehead atoms. The van der Waals surface area contributed by atoms with Crippen molar-refractivity contribution in [2.75, 3.05) is 5.73 Å². The first-order valence-electron chi connectivity index (χ1n) is 5.47. The van der Waals surface area contributed by atoms with Gasteiger partial charge in [-0.05, 0) is 12.1 Å². The number of aromatic amines is 1. The minimum atomic E-state index is -4.53. The SMILES string of the molecule is Nc1[nH]ncc1CNC(=O)c1ccc(C(F)(F)F)nc1. The first-order chi connectivity index (χ1) is 9.38. The summed E-state index contributed by atoms with van der Waals surface area (Å²) in [6.45, 7) is 0.113. The highest BCUT2D eigenvalue weighted by Crippen LogP contribution is 2.27. The molecule has 0 radical (unpaired) electrons. The second kappa shape index (κ2) is 5.19. The number of aromatic nitrogens is 3. The molecule has 4 N–H and O–H groups in total. The number of carbonyl (C=O) groups is 1. The van der Waals surface area contributed by atoms with Gasteiger partial charge in [-0.3, -0.25) is 14.9 Å². The molecule has 0 atom stereocenters. The zero-order valence-corrected chi connectivity index (χ0v) is 10.0. The zero-order chi connectivity index (χ0) is 14.8. The van der Waals surface area contributed by atoms with E-state index in [0.717, 1.165) is 18.3 Å². The van der Waals surface area contributed by atoms with Gasteiger partial charge in [0.15, 0.2) is 0 Å². The van der Waals surface area contributed by atoms with Crippen molar-refractivity contribution in [3.05, 3.63) is 41.3 Å². The van der Waals surface area contributed by atoms with Crippen molar-refractivity contribution >= 4 is 11.7 Å². The molecule has 0 unspecified atom stereocenters. The number of hydrogen-bond acceptors (Lipinski definition) is 4. The van der Waals surface area contributed by atoms with Crippen LogP contribution in [0, 0.1) is 0 Å². The Bertz CT molecular complexity index is 605. The average Bonchev–Trinajstić information content (AvgIpc) is 2.81. The fourth-order valence-corrected chi connectivity index (χ4v) is 1.44. The summed E-state index contributed by atoms with van der Waals surface area (Å²) >= 11 is 0. The van der Waals surface area contributed by atoms with E-state index in [-0.39, 0.29) is 12.1 Å². The minimum absolute atomic E-state index is 0.0278. The van der Waals surface area contributed by atoms with E-state index >= 15 is 0 Å². The summed E-state index contributed by atoms with van der Waals surface area (Å²) in [5.74, 6) is -0.234. The third-order valence-electron chi connectivity index (χ3n) is 2.51. The lowest BCUT2D eigenvalue weighted by atomic mass is 10.2. The van der Waals surface area contributed by atoms with Crippen LogP contribution in [0.25, 0.3) is 0 Å². The summed E-state index contributed by atoms with van der Waals surface area (Å²) in [5, 5.41) is 8.67. The Balaban J connectivity index is 2.01. The monoisotopic (exact) mass is 285 g/mol. The van der Waals surface area contributed by atoms with Crippen molar-refractivity contribution in [3.63, 3.8) is 0 Å². The fraction of sp³-hybridized carbons (Fsp3) is 0.182. The smallest absolute Gasteiger partial charge is 0.384 e. The van der Waals surface area contributed by atoms with Crippen molar-refractivity contribution in [1.29, 1.82) is 0 Å². The number of halogens is 3. The van der Waals surface area contributed by atoms with Gasteiger partial charge in [0.2, 0.25) is 0 Å². The van der Waals surface area contributed by atoms with Crippen LogP contribution in [0.2, 0.25) is 0 Å². The van der Waals surface area contributed by atoms with Gasteiger partial charge in [-0.2, -0.15) is 18.3 Å². The van der Waals surface area contributed by atoms with Crippen LogP contribution in [0.5, 0.6) is 0 Å². The second-order valence-corrected chi connectivity index (χ2v) is 3.92. The number of hydrogen-bond donors (Lipinski definition) is 3. The molecule has 2 aromatic heterocycles. The van der Waals surface area contributed by atoms with Gasteiger partial charge >= 0.3 is 6.18 Å². The summed E-state index contributed by atoms with van der Waals surface area (Å²) < 4.78 is 36.9. The van der Waals surface area contributed by atoms with E-state index in [4.69, 9.17) is 5.73 Å². The Morgan fingerprint density at radius 2 is 2.10 bits per heavy atom. The van der Waals surface area contributed by atoms with Crippen molar-refractivity contribution in [3.8, 4) is 0 Å². The van der Waals surface area contributed by atoms with Gasteiger partial charge in [-0.25, -0.2) is 0 Å². The van der Waals surface area contributed by atoms with Crippen LogP contribution < -0.4 is 11.1 Å². The average molecular weight is 285 g/mol. The fourth-order valence-electron chi connectivity index (χ4n) is 1.44. The van der Waals surface area contributed by atoms with Crippen molar-refractivity contribution in [2.24, 2.45) is 0 Å². The van der Waals surface area contributed by atoms with Gasteiger partial charge in [-0.1, -0.05) is 0 Å². The number of nitrogens with one attached hydrogen (secondary N) is 2. The predicted octanol–water partition coefficient (Wildman–Crippen LogP) is 1.34. The van der Waals surface area contributed by atoms with E-state index in [2.05, 4.69) is 20.5 Å². The highest BCUT2D eigenvalue weighted by molar-refractivity contribution is 5.93. The van der Waals surface area contributed by atoms with Crippen molar-refractivity contribution in [2.45, 2.75) is 12.7 Å². The molecule has 0 aliphatic heterocycles. The van der Waals surface area contributed by atoms with E-state index in [1.165, 1.54) is 6.20 Å². The quantitative estimate of drug-likeness (QED) is 0.792. The summed E-state index contributed by atoms with van der Waals surface area (Å²) in [7, 11) is 0. The predicted molar refractivity (Wildman–Crippen MR) is 63.4 cm³/mol. The lowest BCUT2D eigenvalue weighted by Gasteiger charge is -2.07. The number of nitrogen functional groups attached to an aromatic ring is 1. The third kappa shape index (κ3) is 3.05. The molecule has 2 rings (SSSR count). The molecule has 0 aliphatic rings. The van der Waals surface area contributed by atoms with Crippen molar-refractivity contribution in [1.82, 2.24) is 20.5 Å². The highest BCUT2D eigenvalue weighted by Gasteiger charge is 2.32. The lowest BCUT2D eigenvalue weighted by Crippen LogP contribution is -2.23. The number of amides is 1. The number of anilines is 1. The van der Waals surface area contributed by atoms with E-state index in [1.54, 1.807) is 0 Å². The molecule has 0 saturated carbocycles. The number of rotatable bonds is 3. The topological polar surface area (TPSA) is 96.7 Å². The summed E-state index contributed by atoms with van der Waals surface area (Å²) in [6, 6.07) is 1.81. The molecule has 106 valence electrons. The summed E-state index contributed by atoms with van der Waals surface area (Å²) in [6.07, 6.45) is -2.21. The highest BCUT2D eigenvalue weighted by atomic mass is 19.4. The number of nitrogens with two attached hydrogens (primary N) is 1.